The van der Waals surface area contributed by atoms with Crippen LogP contribution in [0.3, 0.4) is 0 Å². The summed E-state index contributed by atoms with van der Waals surface area (Å²) in [6, 6.07) is 21.4. The van der Waals surface area contributed by atoms with Crippen molar-refractivity contribution in [3.63, 3.8) is 0 Å². The van der Waals surface area contributed by atoms with Gasteiger partial charge in [-0.3, -0.25) is 4.98 Å². The Morgan fingerprint density at radius 3 is 2.45 bits per heavy atom. The largest absolute Gasteiger partial charge is 0.253 e. The maximum Gasteiger partial charge on any atom is 0.0749 e. The van der Waals surface area contributed by atoms with Crippen LogP contribution in [0.25, 0.3) is 22.4 Å². The van der Waals surface area contributed by atoms with Crippen LogP contribution >= 0.6 is 0 Å². The molecule has 1 nitrogen and oxygen atoms in total. The molecule has 96 valence electrons. The summed E-state index contributed by atoms with van der Waals surface area (Å²) in [5, 5.41) is 0. The fourth-order valence-corrected chi connectivity index (χ4v) is 3.07. The third-order valence-corrected chi connectivity index (χ3v) is 3.98. The molecule has 0 saturated heterocycles. The van der Waals surface area contributed by atoms with Crippen molar-refractivity contribution in [1.29, 1.82) is 0 Å². The predicted octanol–water partition coefficient (Wildman–Crippen LogP) is 4.63. The maximum atomic E-state index is 4.78. The van der Waals surface area contributed by atoms with Crippen LogP contribution < -0.4 is 0 Å². The van der Waals surface area contributed by atoms with E-state index in [4.69, 9.17) is 4.98 Å². The van der Waals surface area contributed by atoms with Crippen LogP contribution in [-0.2, 0) is 6.42 Å². The van der Waals surface area contributed by atoms with Crippen LogP contribution in [0.2, 0.25) is 0 Å². The van der Waals surface area contributed by atoms with Gasteiger partial charge in [-0.2, -0.15) is 0 Å². The molecule has 0 bridgehead atoms. The van der Waals surface area contributed by atoms with Crippen molar-refractivity contribution in [3.8, 4) is 22.4 Å². The number of rotatable bonds is 1. The number of pyridine rings is 1. The molecule has 2 aromatic carbocycles. The molecule has 0 fully saturated rings. The second kappa shape index (κ2) is 4.31. The Morgan fingerprint density at radius 2 is 1.60 bits per heavy atom. The summed E-state index contributed by atoms with van der Waals surface area (Å²) in [6.45, 7) is 2.08. The van der Waals surface area contributed by atoms with E-state index in [1.54, 1.807) is 0 Å². The van der Waals surface area contributed by atoms with E-state index in [0.717, 1.165) is 12.1 Å². The summed E-state index contributed by atoms with van der Waals surface area (Å²) < 4.78 is 0. The number of benzene rings is 2. The molecule has 4 rings (SSSR count). The fourth-order valence-electron chi connectivity index (χ4n) is 3.07. The van der Waals surface area contributed by atoms with Crippen molar-refractivity contribution in [2.24, 2.45) is 0 Å². The minimum absolute atomic E-state index is 0.989. The van der Waals surface area contributed by atoms with Gasteiger partial charge in [0.25, 0.3) is 0 Å². The Kier molecular flexibility index (Phi) is 2.46. The van der Waals surface area contributed by atoms with Gasteiger partial charge in [-0.05, 0) is 35.2 Å². The normalized spacial score (nSPS) is 12.1. The molecule has 1 aliphatic carbocycles. The molecule has 0 spiro atoms. The van der Waals surface area contributed by atoms with Gasteiger partial charge < -0.3 is 0 Å². The number of aryl methyl sites for hydroxylation is 1. The van der Waals surface area contributed by atoms with Crippen molar-refractivity contribution in [1.82, 2.24) is 4.98 Å². The molecule has 1 heteroatoms. The molecule has 0 amide bonds. The van der Waals surface area contributed by atoms with Crippen LogP contribution in [0.5, 0.6) is 0 Å². The lowest BCUT2D eigenvalue weighted by Gasteiger charge is -2.10. The van der Waals surface area contributed by atoms with Crippen molar-refractivity contribution in [2.75, 3.05) is 0 Å². The van der Waals surface area contributed by atoms with E-state index >= 15 is 0 Å². The second-order valence-corrected chi connectivity index (χ2v) is 5.34. The van der Waals surface area contributed by atoms with Crippen molar-refractivity contribution in [2.45, 2.75) is 13.3 Å². The van der Waals surface area contributed by atoms with Gasteiger partial charge in [0.15, 0.2) is 0 Å². The number of fused-ring (bicyclic) bond motifs is 3. The fraction of sp³-hybridized carbons (Fsp3) is 0.105. The van der Waals surface area contributed by atoms with Gasteiger partial charge in [-0.25, -0.2) is 0 Å². The van der Waals surface area contributed by atoms with Gasteiger partial charge in [0.05, 0.1) is 5.69 Å². The maximum absolute atomic E-state index is 4.78. The lowest BCUT2D eigenvalue weighted by atomic mass is 9.98. The topological polar surface area (TPSA) is 12.9 Å². The number of hydrogen-bond acceptors (Lipinski definition) is 1. The average Bonchev–Trinajstić information content (AvgIpc) is 2.86. The summed E-state index contributed by atoms with van der Waals surface area (Å²) in [4.78, 5) is 4.78. The third-order valence-electron chi connectivity index (χ3n) is 3.98. The van der Waals surface area contributed by atoms with Crippen molar-refractivity contribution in [3.05, 3.63) is 77.5 Å². The molecule has 20 heavy (non-hydrogen) atoms. The standard InChI is InChI=1S/C19H15N/c1-13-11-17(14-7-3-2-4-8-14)18-12-15-9-5-6-10-16(15)19(18)20-13/h2-11H,12H2,1H3. The third kappa shape index (κ3) is 1.67. The van der Waals surface area contributed by atoms with Crippen LogP contribution in [0.1, 0.15) is 16.8 Å². The minimum Gasteiger partial charge on any atom is -0.253 e. The van der Waals surface area contributed by atoms with E-state index in [1.165, 1.54) is 33.5 Å². The summed E-state index contributed by atoms with van der Waals surface area (Å²) in [5.74, 6) is 0. The average molecular weight is 257 g/mol. The SMILES string of the molecule is Cc1cc(-c2ccccc2)c2c(n1)-c1ccccc1C2. The van der Waals surface area contributed by atoms with E-state index < -0.39 is 0 Å². The summed E-state index contributed by atoms with van der Waals surface area (Å²) in [7, 11) is 0. The molecular weight excluding hydrogens is 242 g/mol. The zero-order valence-corrected chi connectivity index (χ0v) is 11.4. The Hall–Kier alpha value is -2.41. The predicted molar refractivity (Wildman–Crippen MR) is 82.7 cm³/mol. The molecule has 0 aliphatic heterocycles. The van der Waals surface area contributed by atoms with Gasteiger partial charge in [-0.15, -0.1) is 0 Å². The number of hydrogen-bond donors (Lipinski definition) is 0. The minimum atomic E-state index is 0.989. The van der Waals surface area contributed by atoms with E-state index in [2.05, 4.69) is 67.6 Å². The van der Waals surface area contributed by atoms with E-state index in [1.807, 2.05) is 0 Å². The van der Waals surface area contributed by atoms with Crippen molar-refractivity contribution < 1.29 is 0 Å². The van der Waals surface area contributed by atoms with Crippen molar-refractivity contribution >= 4 is 0 Å². The van der Waals surface area contributed by atoms with E-state index in [-0.39, 0.29) is 0 Å². The van der Waals surface area contributed by atoms with Gasteiger partial charge in [-0.1, -0.05) is 54.6 Å². The molecular formula is C19H15N. The first-order valence-corrected chi connectivity index (χ1v) is 6.97. The highest BCUT2D eigenvalue weighted by molar-refractivity contribution is 5.82. The second-order valence-electron chi connectivity index (χ2n) is 5.34. The molecule has 1 aliphatic rings. The Morgan fingerprint density at radius 1 is 0.850 bits per heavy atom. The Bertz CT molecular complexity index is 788. The molecule has 1 heterocycles. The van der Waals surface area contributed by atoms with Crippen LogP contribution in [-0.4, -0.2) is 4.98 Å². The highest BCUT2D eigenvalue weighted by Gasteiger charge is 2.23. The van der Waals surface area contributed by atoms with Crippen LogP contribution in [0.15, 0.2) is 60.7 Å². The smallest absolute Gasteiger partial charge is 0.0749 e. The molecule has 0 saturated carbocycles. The lowest BCUT2D eigenvalue weighted by Crippen LogP contribution is -1.93. The first-order chi connectivity index (χ1) is 9.83. The van der Waals surface area contributed by atoms with E-state index in [0.29, 0.717) is 0 Å². The van der Waals surface area contributed by atoms with Gasteiger partial charge in [0, 0.05) is 17.7 Å². The zero-order valence-electron chi connectivity index (χ0n) is 11.4. The monoisotopic (exact) mass is 257 g/mol. The quantitative estimate of drug-likeness (QED) is 0.484. The zero-order chi connectivity index (χ0) is 13.5. The first kappa shape index (κ1) is 11.4. The first-order valence-electron chi connectivity index (χ1n) is 6.97. The Labute approximate surface area is 118 Å². The van der Waals surface area contributed by atoms with E-state index in [9.17, 15) is 0 Å². The highest BCUT2D eigenvalue weighted by Crippen LogP contribution is 2.40. The highest BCUT2D eigenvalue weighted by atomic mass is 14.7. The van der Waals surface area contributed by atoms with Gasteiger partial charge in [0.2, 0.25) is 0 Å². The Balaban J connectivity index is 1.99. The molecule has 1 aromatic heterocycles. The van der Waals surface area contributed by atoms with Crippen LogP contribution in [0.4, 0.5) is 0 Å². The number of aromatic nitrogens is 1. The molecule has 0 radical (unpaired) electrons. The van der Waals surface area contributed by atoms with Gasteiger partial charge >= 0.3 is 0 Å². The number of nitrogens with zero attached hydrogens (tertiary/aromatic N) is 1. The summed E-state index contributed by atoms with van der Waals surface area (Å²) >= 11 is 0. The molecule has 3 aromatic rings. The summed E-state index contributed by atoms with van der Waals surface area (Å²) in [6.07, 6.45) is 0.989. The molecule has 0 unspecified atom stereocenters. The van der Waals surface area contributed by atoms with Crippen LogP contribution in [0, 0.1) is 6.92 Å². The lowest BCUT2D eigenvalue weighted by molar-refractivity contribution is 1.17. The molecule has 0 atom stereocenters. The molecule has 0 N–H and O–H groups in total. The van der Waals surface area contributed by atoms with Gasteiger partial charge in [0.1, 0.15) is 0 Å². The summed E-state index contributed by atoms with van der Waals surface area (Å²) in [5.41, 5.74) is 8.90.